The molecule has 0 aliphatic heterocycles. The third kappa shape index (κ3) is 2.91. The minimum atomic E-state index is -4.13. The van der Waals surface area contributed by atoms with Crippen LogP contribution in [0.3, 0.4) is 0 Å². The van der Waals surface area contributed by atoms with Gasteiger partial charge in [0.15, 0.2) is 0 Å². The zero-order valence-electron chi connectivity index (χ0n) is 9.90. The van der Waals surface area contributed by atoms with Crippen LogP contribution in [0, 0.1) is 11.6 Å². The predicted molar refractivity (Wildman–Crippen MR) is 75.7 cm³/mol. The van der Waals surface area contributed by atoms with E-state index in [0.717, 1.165) is 18.2 Å². The van der Waals surface area contributed by atoms with Crippen molar-refractivity contribution in [2.75, 3.05) is 10.5 Å². The molecule has 2 aromatic rings. The number of halogens is 3. The topological polar surface area (TPSA) is 72.2 Å². The van der Waals surface area contributed by atoms with E-state index >= 15 is 0 Å². The van der Waals surface area contributed by atoms with Crippen LogP contribution in [0.4, 0.5) is 20.2 Å². The molecule has 0 bridgehead atoms. The Morgan fingerprint density at radius 2 is 1.70 bits per heavy atom. The number of nitrogens with one attached hydrogen (secondary N) is 1. The molecule has 2 rings (SSSR count). The third-order valence-electron chi connectivity index (χ3n) is 2.48. The minimum absolute atomic E-state index is 0.194. The van der Waals surface area contributed by atoms with E-state index in [1.54, 1.807) is 0 Å². The molecule has 4 nitrogen and oxygen atoms in total. The first-order valence-corrected chi connectivity index (χ1v) is 7.61. The molecule has 106 valence electrons. The number of nitrogens with two attached hydrogens (primary N) is 1. The van der Waals surface area contributed by atoms with Crippen molar-refractivity contribution in [1.82, 2.24) is 0 Å². The largest absolute Gasteiger partial charge is 0.398 e. The number of benzene rings is 2. The fraction of sp³-hybridized carbons (Fsp3) is 0. The lowest BCUT2D eigenvalue weighted by Gasteiger charge is -2.10. The summed E-state index contributed by atoms with van der Waals surface area (Å²) in [6, 6.07) is 6.93. The molecule has 0 spiro atoms. The highest BCUT2D eigenvalue weighted by molar-refractivity contribution is 9.10. The summed E-state index contributed by atoms with van der Waals surface area (Å²) in [6.45, 7) is 0. The molecule has 20 heavy (non-hydrogen) atoms. The van der Waals surface area contributed by atoms with Gasteiger partial charge in [0.25, 0.3) is 10.0 Å². The van der Waals surface area contributed by atoms with Crippen LogP contribution < -0.4 is 10.5 Å². The molecule has 0 atom stereocenters. The molecule has 0 aliphatic carbocycles. The summed E-state index contributed by atoms with van der Waals surface area (Å²) in [6.07, 6.45) is 0. The van der Waals surface area contributed by atoms with Crippen LogP contribution in [0.15, 0.2) is 45.8 Å². The van der Waals surface area contributed by atoms with E-state index in [9.17, 15) is 17.2 Å². The van der Waals surface area contributed by atoms with Gasteiger partial charge >= 0.3 is 0 Å². The first kappa shape index (κ1) is 14.7. The van der Waals surface area contributed by atoms with Gasteiger partial charge in [-0.1, -0.05) is 6.07 Å². The zero-order chi connectivity index (χ0) is 14.9. The van der Waals surface area contributed by atoms with Crippen LogP contribution in [0.25, 0.3) is 0 Å². The maximum Gasteiger partial charge on any atom is 0.262 e. The second kappa shape index (κ2) is 5.37. The summed E-state index contributed by atoms with van der Waals surface area (Å²) >= 11 is 3.13. The summed E-state index contributed by atoms with van der Waals surface area (Å²) in [5.41, 5.74) is 5.05. The van der Waals surface area contributed by atoms with Crippen molar-refractivity contribution in [2.45, 2.75) is 4.90 Å². The highest BCUT2D eigenvalue weighted by atomic mass is 79.9. The fourth-order valence-corrected chi connectivity index (χ4v) is 2.84. The molecule has 0 aliphatic rings. The number of hydrogen-bond acceptors (Lipinski definition) is 3. The Bertz CT molecular complexity index is 746. The molecule has 0 aromatic heterocycles. The van der Waals surface area contributed by atoms with Crippen molar-refractivity contribution in [3.8, 4) is 0 Å². The van der Waals surface area contributed by atoms with E-state index in [1.807, 2.05) is 4.72 Å². The van der Waals surface area contributed by atoms with Gasteiger partial charge in [-0.3, -0.25) is 4.72 Å². The maximum absolute atomic E-state index is 13.4. The van der Waals surface area contributed by atoms with Gasteiger partial charge in [0.1, 0.15) is 17.3 Å². The molecule has 0 heterocycles. The summed E-state index contributed by atoms with van der Waals surface area (Å²) in [4.78, 5) is -0.194. The van der Waals surface area contributed by atoms with Gasteiger partial charge in [-0.15, -0.1) is 0 Å². The van der Waals surface area contributed by atoms with Crippen LogP contribution in [0.2, 0.25) is 0 Å². The lowest BCUT2D eigenvalue weighted by atomic mass is 10.3. The van der Waals surface area contributed by atoms with Crippen molar-refractivity contribution < 1.29 is 17.2 Å². The molecule has 0 radical (unpaired) electrons. The van der Waals surface area contributed by atoms with Gasteiger partial charge in [-0.25, -0.2) is 17.2 Å². The van der Waals surface area contributed by atoms with Crippen LogP contribution >= 0.6 is 15.9 Å². The van der Waals surface area contributed by atoms with Crippen LogP contribution in [0.5, 0.6) is 0 Å². The summed E-state index contributed by atoms with van der Waals surface area (Å²) in [5.74, 6) is -2.00. The molecule has 0 amide bonds. The first-order chi connectivity index (χ1) is 9.31. The van der Waals surface area contributed by atoms with Crippen molar-refractivity contribution in [3.63, 3.8) is 0 Å². The smallest absolute Gasteiger partial charge is 0.262 e. The van der Waals surface area contributed by atoms with Gasteiger partial charge in [-0.05, 0) is 46.3 Å². The number of anilines is 2. The molecule has 3 N–H and O–H groups in total. The molecule has 2 aromatic carbocycles. The number of rotatable bonds is 3. The van der Waals surface area contributed by atoms with Gasteiger partial charge in [0.05, 0.1) is 4.90 Å². The standard InChI is InChI=1S/C12H9BrF2N2O2S/c13-8-5-4-7(6-11(8)16)20(18,19)17-12-9(14)2-1-3-10(12)15/h1-6,17H,16H2. The Morgan fingerprint density at radius 3 is 2.25 bits per heavy atom. The maximum atomic E-state index is 13.4. The number of sulfonamides is 1. The Hall–Kier alpha value is -1.67. The lowest BCUT2D eigenvalue weighted by Crippen LogP contribution is -2.15. The summed E-state index contributed by atoms with van der Waals surface area (Å²) in [7, 11) is -4.13. The van der Waals surface area contributed by atoms with Gasteiger partial charge < -0.3 is 5.73 Å². The van der Waals surface area contributed by atoms with Crippen LogP contribution in [-0.4, -0.2) is 8.42 Å². The molecule has 0 saturated heterocycles. The van der Waals surface area contributed by atoms with Crippen molar-refractivity contribution in [1.29, 1.82) is 0 Å². The van der Waals surface area contributed by atoms with Gasteiger partial charge in [0.2, 0.25) is 0 Å². The normalized spacial score (nSPS) is 11.3. The molecule has 0 saturated carbocycles. The summed E-state index contributed by atoms with van der Waals surface area (Å²) < 4.78 is 53.4. The molecular weight excluding hydrogens is 354 g/mol. The predicted octanol–water partition coefficient (Wildman–Crippen LogP) is 3.11. The van der Waals surface area contributed by atoms with Gasteiger partial charge in [-0.2, -0.15) is 0 Å². The van der Waals surface area contributed by atoms with E-state index < -0.39 is 27.3 Å². The lowest BCUT2D eigenvalue weighted by molar-refractivity contribution is 0.583. The van der Waals surface area contributed by atoms with Crippen molar-refractivity contribution in [2.24, 2.45) is 0 Å². The Labute approximate surface area is 122 Å². The second-order valence-electron chi connectivity index (χ2n) is 3.89. The quantitative estimate of drug-likeness (QED) is 0.824. The molecule has 8 heteroatoms. The van der Waals surface area contributed by atoms with E-state index in [1.165, 1.54) is 18.2 Å². The highest BCUT2D eigenvalue weighted by Crippen LogP contribution is 2.26. The Kier molecular flexibility index (Phi) is 3.96. The van der Waals surface area contributed by atoms with E-state index in [4.69, 9.17) is 5.73 Å². The highest BCUT2D eigenvalue weighted by Gasteiger charge is 2.19. The summed E-state index contributed by atoms with van der Waals surface area (Å²) in [5, 5.41) is 0. The van der Waals surface area contributed by atoms with Crippen LogP contribution in [-0.2, 0) is 10.0 Å². The van der Waals surface area contributed by atoms with E-state index in [2.05, 4.69) is 15.9 Å². The Morgan fingerprint density at radius 1 is 1.10 bits per heavy atom. The van der Waals surface area contributed by atoms with E-state index in [-0.39, 0.29) is 10.6 Å². The fourth-order valence-electron chi connectivity index (χ4n) is 1.48. The van der Waals surface area contributed by atoms with Gasteiger partial charge in [0, 0.05) is 10.2 Å². The average Bonchev–Trinajstić information content (AvgIpc) is 2.37. The third-order valence-corrected chi connectivity index (χ3v) is 4.55. The van der Waals surface area contributed by atoms with Crippen molar-refractivity contribution >= 4 is 37.3 Å². The molecule has 0 unspecified atom stereocenters. The van der Waals surface area contributed by atoms with E-state index in [0.29, 0.717) is 4.47 Å². The Balaban J connectivity index is 2.43. The number of nitrogen functional groups attached to an aromatic ring is 1. The SMILES string of the molecule is Nc1cc(S(=O)(=O)Nc2c(F)cccc2F)ccc1Br. The molecule has 0 fully saturated rings. The minimum Gasteiger partial charge on any atom is -0.398 e. The monoisotopic (exact) mass is 362 g/mol. The van der Waals surface area contributed by atoms with Crippen LogP contribution in [0.1, 0.15) is 0 Å². The number of hydrogen-bond donors (Lipinski definition) is 2. The number of para-hydroxylation sites is 1. The first-order valence-electron chi connectivity index (χ1n) is 5.33. The second-order valence-corrected chi connectivity index (χ2v) is 6.42. The van der Waals surface area contributed by atoms with Crippen molar-refractivity contribution in [3.05, 3.63) is 52.5 Å². The molecular formula is C12H9BrF2N2O2S. The average molecular weight is 363 g/mol. The zero-order valence-corrected chi connectivity index (χ0v) is 12.3.